The van der Waals surface area contributed by atoms with E-state index in [0.717, 1.165) is 13.0 Å². The van der Waals surface area contributed by atoms with Crippen molar-refractivity contribution in [2.24, 2.45) is 0 Å². The van der Waals surface area contributed by atoms with E-state index >= 15 is 0 Å². The molecular formula is C28H32O. The molecule has 0 aliphatic carbocycles. The van der Waals surface area contributed by atoms with Gasteiger partial charge in [0.05, 0.1) is 6.61 Å². The Morgan fingerprint density at radius 1 is 0.655 bits per heavy atom. The maximum Gasteiger partial charge on any atom is 0.0722 e. The van der Waals surface area contributed by atoms with Crippen LogP contribution in [0.15, 0.2) is 67.3 Å². The number of hydrogen-bond donors (Lipinski definition) is 0. The predicted octanol–water partition coefficient (Wildman–Crippen LogP) is 8.41. The van der Waals surface area contributed by atoms with Gasteiger partial charge in [-0.05, 0) is 57.1 Å². The molecule has 4 aromatic carbocycles. The summed E-state index contributed by atoms with van der Waals surface area (Å²) >= 11 is 0. The molecule has 0 aliphatic heterocycles. The van der Waals surface area contributed by atoms with Crippen LogP contribution in [0.5, 0.6) is 0 Å². The maximum absolute atomic E-state index is 6.06. The number of ether oxygens (including phenoxy) is 1. The summed E-state index contributed by atoms with van der Waals surface area (Å²) in [5.74, 6) is 0. The van der Waals surface area contributed by atoms with Crippen molar-refractivity contribution in [3.05, 3.63) is 72.8 Å². The fourth-order valence-electron chi connectivity index (χ4n) is 4.48. The molecule has 4 rings (SSSR count). The number of unbranched alkanes of at least 4 members (excludes halogenated alkanes) is 7. The molecule has 0 radical (unpaired) electrons. The van der Waals surface area contributed by atoms with Gasteiger partial charge in [0, 0.05) is 6.61 Å². The first kappa shape index (κ1) is 19.9. The van der Waals surface area contributed by atoms with Gasteiger partial charge in [-0.15, -0.1) is 6.58 Å². The predicted molar refractivity (Wildman–Crippen MR) is 127 cm³/mol. The highest BCUT2D eigenvalue weighted by molar-refractivity contribution is 6.23. The number of hydrogen-bond acceptors (Lipinski definition) is 1. The third-order valence-corrected chi connectivity index (χ3v) is 6.07. The summed E-state index contributed by atoms with van der Waals surface area (Å²) in [6.45, 7) is 5.35. The zero-order valence-electron chi connectivity index (χ0n) is 17.5. The van der Waals surface area contributed by atoms with Gasteiger partial charge in [0.15, 0.2) is 0 Å². The van der Waals surface area contributed by atoms with E-state index in [1.165, 1.54) is 82.8 Å². The summed E-state index contributed by atoms with van der Waals surface area (Å²) in [6, 6.07) is 20.1. The average molecular weight is 385 g/mol. The van der Waals surface area contributed by atoms with Crippen molar-refractivity contribution in [3.63, 3.8) is 0 Å². The highest BCUT2D eigenvalue weighted by atomic mass is 16.5. The second-order valence-electron chi connectivity index (χ2n) is 8.19. The molecular weight excluding hydrogens is 352 g/mol. The molecule has 0 saturated carbocycles. The molecule has 0 atom stereocenters. The van der Waals surface area contributed by atoms with Gasteiger partial charge in [-0.3, -0.25) is 0 Å². The molecule has 1 nitrogen and oxygen atoms in total. The monoisotopic (exact) mass is 384 g/mol. The highest BCUT2D eigenvalue weighted by Crippen LogP contribution is 2.36. The van der Waals surface area contributed by atoms with Crippen molar-refractivity contribution in [3.8, 4) is 0 Å². The number of allylic oxidation sites excluding steroid dienone is 1. The third-order valence-electron chi connectivity index (χ3n) is 6.07. The second-order valence-corrected chi connectivity index (χ2v) is 8.19. The van der Waals surface area contributed by atoms with Crippen LogP contribution in [0, 0.1) is 0 Å². The molecule has 0 unspecified atom stereocenters. The summed E-state index contributed by atoms with van der Waals surface area (Å²) in [5, 5.41) is 8.08. The molecule has 0 aromatic heterocycles. The van der Waals surface area contributed by atoms with Crippen LogP contribution in [0.1, 0.15) is 56.9 Å². The van der Waals surface area contributed by atoms with E-state index in [-0.39, 0.29) is 0 Å². The topological polar surface area (TPSA) is 9.23 Å². The standard InChI is InChI=1S/C28H32O/c1-2-3-4-5-6-7-8-9-10-20-29-21-25-17-16-24-15-14-22-12-11-13-23-18-19-26(25)28(24)27(22)23/h2,11-19H,1,3-10,20-21H2. The zero-order chi connectivity index (χ0) is 19.9. The Kier molecular flexibility index (Phi) is 6.79. The van der Waals surface area contributed by atoms with Crippen LogP contribution in [0.25, 0.3) is 32.3 Å². The minimum Gasteiger partial charge on any atom is -0.377 e. The lowest BCUT2D eigenvalue weighted by Gasteiger charge is -2.14. The van der Waals surface area contributed by atoms with Gasteiger partial charge in [-0.25, -0.2) is 0 Å². The SMILES string of the molecule is C=CCCCCCCCCCOCc1ccc2ccc3cccc4ccc1c2c34. The van der Waals surface area contributed by atoms with Crippen LogP contribution in [0.3, 0.4) is 0 Å². The Bertz CT molecular complexity index is 1050. The Balaban J connectivity index is 1.31. The first-order valence-electron chi connectivity index (χ1n) is 11.2. The first-order valence-corrected chi connectivity index (χ1v) is 11.2. The maximum atomic E-state index is 6.06. The third kappa shape index (κ3) is 4.62. The minimum atomic E-state index is 0.704. The van der Waals surface area contributed by atoms with Crippen LogP contribution in [0.4, 0.5) is 0 Å². The number of benzene rings is 4. The molecule has 0 spiro atoms. The quantitative estimate of drug-likeness (QED) is 0.135. The fourth-order valence-corrected chi connectivity index (χ4v) is 4.48. The molecule has 0 bridgehead atoms. The Morgan fingerprint density at radius 2 is 1.28 bits per heavy atom. The van der Waals surface area contributed by atoms with E-state index in [1.54, 1.807) is 0 Å². The molecule has 1 heteroatoms. The summed E-state index contributed by atoms with van der Waals surface area (Å²) in [5.41, 5.74) is 1.30. The molecule has 0 N–H and O–H groups in total. The van der Waals surface area contributed by atoms with E-state index < -0.39 is 0 Å². The molecule has 4 aromatic rings. The van der Waals surface area contributed by atoms with Gasteiger partial charge >= 0.3 is 0 Å². The Morgan fingerprint density at radius 3 is 2.03 bits per heavy atom. The van der Waals surface area contributed by atoms with Crippen LogP contribution < -0.4 is 0 Å². The molecule has 0 fully saturated rings. The molecule has 0 heterocycles. The normalized spacial score (nSPS) is 11.7. The molecule has 0 amide bonds. The average Bonchev–Trinajstić information content (AvgIpc) is 2.76. The van der Waals surface area contributed by atoms with Gasteiger partial charge < -0.3 is 4.74 Å². The Labute approximate surface area is 174 Å². The molecule has 0 saturated heterocycles. The second kappa shape index (κ2) is 9.89. The van der Waals surface area contributed by atoms with Crippen molar-refractivity contribution in [1.82, 2.24) is 0 Å². The summed E-state index contributed by atoms with van der Waals surface area (Å²) in [6.07, 6.45) is 12.3. The van der Waals surface area contributed by atoms with Gasteiger partial charge in [-0.1, -0.05) is 92.8 Å². The van der Waals surface area contributed by atoms with Crippen LogP contribution in [-0.4, -0.2) is 6.61 Å². The van der Waals surface area contributed by atoms with Crippen molar-refractivity contribution < 1.29 is 4.74 Å². The van der Waals surface area contributed by atoms with Crippen LogP contribution in [0.2, 0.25) is 0 Å². The van der Waals surface area contributed by atoms with E-state index in [1.807, 2.05) is 6.08 Å². The van der Waals surface area contributed by atoms with Crippen molar-refractivity contribution in [2.75, 3.05) is 6.61 Å². The van der Waals surface area contributed by atoms with Gasteiger partial charge in [-0.2, -0.15) is 0 Å². The van der Waals surface area contributed by atoms with Crippen molar-refractivity contribution >= 4 is 32.3 Å². The molecule has 29 heavy (non-hydrogen) atoms. The zero-order valence-corrected chi connectivity index (χ0v) is 17.5. The summed E-state index contributed by atoms with van der Waals surface area (Å²) < 4.78 is 6.06. The van der Waals surface area contributed by atoms with Crippen LogP contribution >= 0.6 is 0 Å². The van der Waals surface area contributed by atoms with Crippen molar-refractivity contribution in [2.45, 2.75) is 58.0 Å². The smallest absolute Gasteiger partial charge is 0.0722 e. The first-order chi connectivity index (χ1) is 14.4. The fraction of sp³-hybridized carbons (Fsp3) is 0.357. The lowest BCUT2D eigenvalue weighted by Crippen LogP contribution is -1.97. The lowest BCUT2D eigenvalue weighted by atomic mass is 9.92. The minimum absolute atomic E-state index is 0.704. The highest BCUT2D eigenvalue weighted by Gasteiger charge is 2.10. The summed E-state index contributed by atoms with van der Waals surface area (Å²) in [7, 11) is 0. The molecule has 0 aliphatic rings. The van der Waals surface area contributed by atoms with E-state index in [0.29, 0.717) is 6.61 Å². The van der Waals surface area contributed by atoms with Crippen LogP contribution in [-0.2, 0) is 11.3 Å². The van der Waals surface area contributed by atoms with Gasteiger partial charge in [0.2, 0.25) is 0 Å². The lowest BCUT2D eigenvalue weighted by molar-refractivity contribution is 0.117. The number of rotatable bonds is 12. The van der Waals surface area contributed by atoms with Gasteiger partial charge in [0.1, 0.15) is 0 Å². The van der Waals surface area contributed by atoms with E-state index in [2.05, 4.69) is 61.2 Å². The molecule has 150 valence electrons. The van der Waals surface area contributed by atoms with E-state index in [9.17, 15) is 0 Å². The van der Waals surface area contributed by atoms with Crippen molar-refractivity contribution in [1.29, 1.82) is 0 Å². The van der Waals surface area contributed by atoms with Gasteiger partial charge in [0.25, 0.3) is 0 Å². The van der Waals surface area contributed by atoms with E-state index in [4.69, 9.17) is 4.74 Å². The largest absolute Gasteiger partial charge is 0.377 e. The Hall–Kier alpha value is -2.38. The summed E-state index contributed by atoms with van der Waals surface area (Å²) in [4.78, 5) is 0.